The highest BCUT2D eigenvalue weighted by Crippen LogP contribution is 2.19. The Morgan fingerprint density at radius 1 is 0.211 bits per heavy atom. The van der Waals surface area contributed by atoms with E-state index in [-0.39, 0.29) is 31.1 Å². The first-order valence-corrected chi connectivity index (χ1v) is 35.0. The van der Waals surface area contributed by atoms with Crippen molar-refractivity contribution in [2.75, 3.05) is 13.2 Å². The van der Waals surface area contributed by atoms with Gasteiger partial charge in [-0.25, -0.2) is 0 Å². The number of esters is 3. The number of carbonyl (C=O) groups is 3. The van der Waals surface area contributed by atoms with Gasteiger partial charge in [0.15, 0.2) is 6.10 Å². The molecule has 0 aliphatic rings. The Labute approximate surface area is 476 Å². The minimum absolute atomic E-state index is 0.0622. The minimum Gasteiger partial charge on any atom is -0.462 e. The number of hydrogen-bond acceptors (Lipinski definition) is 6. The molecular weight excluding hydrogens is 937 g/mol. The summed E-state index contributed by atoms with van der Waals surface area (Å²) in [4.78, 5) is 38.0. The van der Waals surface area contributed by atoms with Crippen molar-refractivity contribution in [2.24, 2.45) is 0 Å². The van der Waals surface area contributed by atoms with Crippen molar-refractivity contribution in [1.82, 2.24) is 0 Å². The zero-order valence-electron chi connectivity index (χ0n) is 52.1. The van der Waals surface area contributed by atoms with E-state index in [9.17, 15) is 14.4 Å². The minimum atomic E-state index is -0.761. The van der Waals surface area contributed by atoms with Crippen LogP contribution in [0.15, 0.2) is 0 Å². The third-order valence-electron chi connectivity index (χ3n) is 16.4. The van der Waals surface area contributed by atoms with Crippen LogP contribution in [0.5, 0.6) is 0 Å². The van der Waals surface area contributed by atoms with E-state index in [0.717, 1.165) is 64.2 Å². The van der Waals surface area contributed by atoms with Gasteiger partial charge < -0.3 is 14.2 Å². The van der Waals surface area contributed by atoms with Crippen molar-refractivity contribution in [3.8, 4) is 0 Å². The van der Waals surface area contributed by atoms with Crippen LogP contribution in [0, 0.1) is 0 Å². The predicted molar refractivity (Wildman–Crippen MR) is 330 cm³/mol. The largest absolute Gasteiger partial charge is 0.462 e. The van der Waals surface area contributed by atoms with Gasteiger partial charge in [-0.05, 0) is 19.3 Å². The molecule has 0 aromatic heterocycles. The van der Waals surface area contributed by atoms with Crippen LogP contribution < -0.4 is 0 Å². The second-order valence-electron chi connectivity index (χ2n) is 24.2. The molecule has 0 aliphatic heterocycles. The standard InChI is InChI=1S/C70H136O6/c1-4-7-10-13-15-17-19-21-23-25-27-29-31-32-33-34-35-36-37-39-40-42-44-46-48-50-52-54-57-60-63-69(72)75-66-67(65-74-68(71)62-59-56-12-9-6-3)76-70(73)64-61-58-55-53-51-49-47-45-43-41-38-30-28-26-24-22-20-18-16-14-11-8-5-2/h67H,4-66H2,1-3H3. The first-order chi connectivity index (χ1) is 37.5. The number of ether oxygens (including phenoxy) is 3. The fourth-order valence-corrected chi connectivity index (χ4v) is 11.1. The lowest BCUT2D eigenvalue weighted by atomic mass is 10.0. The lowest BCUT2D eigenvalue weighted by Crippen LogP contribution is -2.30. The maximum atomic E-state index is 12.8. The lowest BCUT2D eigenvalue weighted by molar-refractivity contribution is -0.167. The molecule has 1 unspecified atom stereocenters. The first kappa shape index (κ1) is 74.4. The topological polar surface area (TPSA) is 78.9 Å². The molecule has 0 heterocycles. The lowest BCUT2D eigenvalue weighted by Gasteiger charge is -2.18. The molecule has 0 amide bonds. The Morgan fingerprint density at radius 2 is 0.355 bits per heavy atom. The van der Waals surface area contributed by atoms with E-state index in [1.807, 2.05) is 0 Å². The molecule has 6 heteroatoms. The summed E-state index contributed by atoms with van der Waals surface area (Å²) in [6.45, 7) is 6.65. The molecule has 0 bridgehead atoms. The highest BCUT2D eigenvalue weighted by atomic mass is 16.6. The van der Waals surface area contributed by atoms with E-state index in [0.29, 0.717) is 19.3 Å². The molecule has 0 spiro atoms. The van der Waals surface area contributed by atoms with Crippen LogP contribution in [0.4, 0.5) is 0 Å². The third-order valence-corrected chi connectivity index (χ3v) is 16.4. The Balaban J connectivity index is 3.88. The van der Waals surface area contributed by atoms with Gasteiger partial charge in [0.25, 0.3) is 0 Å². The van der Waals surface area contributed by atoms with Crippen molar-refractivity contribution >= 4 is 17.9 Å². The second-order valence-corrected chi connectivity index (χ2v) is 24.2. The average molecular weight is 1070 g/mol. The van der Waals surface area contributed by atoms with E-state index in [1.165, 1.54) is 308 Å². The molecule has 452 valence electrons. The molecule has 0 saturated carbocycles. The van der Waals surface area contributed by atoms with E-state index >= 15 is 0 Å². The molecular formula is C70H136O6. The molecule has 76 heavy (non-hydrogen) atoms. The van der Waals surface area contributed by atoms with Gasteiger partial charge in [0, 0.05) is 19.3 Å². The van der Waals surface area contributed by atoms with Crippen molar-refractivity contribution in [1.29, 1.82) is 0 Å². The maximum Gasteiger partial charge on any atom is 0.306 e. The SMILES string of the molecule is CCCCCCCCCCCCCCCCCCCCCCCCCCCCCCCCC(=O)OCC(COC(=O)CCCCCCC)OC(=O)CCCCCCCCCCCCCCCCCCCCCCCCC. The van der Waals surface area contributed by atoms with Crippen LogP contribution in [0.2, 0.25) is 0 Å². The molecule has 0 aromatic carbocycles. The van der Waals surface area contributed by atoms with Gasteiger partial charge in [0.05, 0.1) is 0 Å². The highest BCUT2D eigenvalue weighted by Gasteiger charge is 2.19. The van der Waals surface area contributed by atoms with E-state index in [4.69, 9.17) is 14.2 Å². The Kier molecular flexibility index (Phi) is 64.5. The van der Waals surface area contributed by atoms with Crippen LogP contribution in [-0.4, -0.2) is 37.2 Å². The van der Waals surface area contributed by atoms with Crippen molar-refractivity contribution in [3.63, 3.8) is 0 Å². The third kappa shape index (κ3) is 63.2. The second kappa shape index (κ2) is 65.9. The van der Waals surface area contributed by atoms with E-state index in [1.54, 1.807) is 0 Å². The zero-order valence-corrected chi connectivity index (χ0v) is 52.1. The molecule has 1 atom stereocenters. The van der Waals surface area contributed by atoms with Gasteiger partial charge in [-0.15, -0.1) is 0 Å². The molecule has 0 aromatic rings. The van der Waals surface area contributed by atoms with Gasteiger partial charge in [0.2, 0.25) is 0 Å². The summed E-state index contributed by atoms with van der Waals surface area (Å²) >= 11 is 0. The predicted octanol–water partition coefficient (Wildman–Crippen LogP) is 23.8. The fourth-order valence-electron chi connectivity index (χ4n) is 11.1. The zero-order chi connectivity index (χ0) is 55.0. The summed E-state index contributed by atoms with van der Waals surface area (Å²) < 4.78 is 16.8. The number of unbranched alkanes of at least 4 members (excludes halogenated alkanes) is 55. The van der Waals surface area contributed by atoms with E-state index < -0.39 is 6.10 Å². The van der Waals surface area contributed by atoms with Gasteiger partial charge in [-0.3, -0.25) is 14.4 Å². The van der Waals surface area contributed by atoms with Crippen LogP contribution in [0.3, 0.4) is 0 Å². The summed E-state index contributed by atoms with van der Waals surface area (Å²) in [5.41, 5.74) is 0. The molecule has 6 nitrogen and oxygen atoms in total. The molecule has 0 fully saturated rings. The van der Waals surface area contributed by atoms with Gasteiger partial charge >= 0.3 is 17.9 Å². The Hall–Kier alpha value is -1.59. The molecule has 0 rings (SSSR count). The quantitative estimate of drug-likeness (QED) is 0.0343. The highest BCUT2D eigenvalue weighted by molar-refractivity contribution is 5.71. The van der Waals surface area contributed by atoms with Gasteiger partial charge in [-0.1, -0.05) is 374 Å². The van der Waals surface area contributed by atoms with Crippen molar-refractivity contribution < 1.29 is 28.6 Å². The first-order valence-electron chi connectivity index (χ1n) is 35.0. The van der Waals surface area contributed by atoms with Crippen LogP contribution in [0.1, 0.15) is 412 Å². The van der Waals surface area contributed by atoms with Crippen molar-refractivity contribution in [3.05, 3.63) is 0 Å². The molecule has 0 saturated heterocycles. The molecule has 0 aliphatic carbocycles. The maximum absolute atomic E-state index is 12.8. The van der Waals surface area contributed by atoms with Gasteiger partial charge in [0.1, 0.15) is 13.2 Å². The monoisotopic (exact) mass is 1070 g/mol. The molecule has 0 radical (unpaired) electrons. The summed E-state index contributed by atoms with van der Waals surface area (Å²) in [6.07, 6.45) is 77.7. The summed E-state index contributed by atoms with van der Waals surface area (Å²) in [7, 11) is 0. The smallest absolute Gasteiger partial charge is 0.306 e. The number of hydrogen-bond donors (Lipinski definition) is 0. The summed E-state index contributed by atoms with van der Waals surface area (Å²) in [5, 5.41) is 0. The molecule has 0 N–H and O–H groups in total. The fraction of sp³-hybridized carbons (Fsp3) is 0.957. The summed E-state index contributed by atoms with van der Waals surface area (Å²) in [6, 6.07) is 0. The average Bonchev–Trinajstić information content (AvgIpc) is 3.42. The van der Waals surface area contributed by atoms with Gasteiger partial charge in [-0.2, -0.15) is 0 Å². The van der Waals surface area contributed by atoms with Crippen LogP contribution in [0.25, 0.3) is 0 Å². The summed E-state index contributed by atoms with van der Waals surface area (Å²) in [5.74, 6) is -0.843. The Morgan fingerprint density at radius 3 is 0.526 bits per heavy atom. The van der Waals surface area contributed by atoms with Crippen LogP contribution in [-0.2, 0) is 28.6 Å². The van der Waals surface area contributed by atoms with E-state index in [2.05, 4.69) is 20.8 Å². The number of rotatable bonds is 66. The normalized spacial score (nSPS) is 11.9. The van der Waals surface area contributed by atoms with Crippen LogP contribution >= 0.6 is 0 Å². The Bertz CT molecular complexity index is 1140. The van der Waals surface area contributed by atoms with Crippen molar-refractivity contribution in [2.45, 2.75) is 419 Å². The number of carbonyl (C=O) groups excluding carboxylic acids is 3.